The molecule has 1 aromatic rings. The summed E-state index contributed by atoms with van der Waals surface area (Å²) in [6.07, 6.45) is 8.96. The van der Waals surface area contributed by atoms with E-state index in [0.717, 1.165) is 5.25 Å². The number of hydrogen-bond acceptors (Lipinski definition) is 3. The minimum atomic E-state index is 0.852. The van der Waals surface area contributed by atoms with Gasteiger partial charge in [0.05, 0.1) is 0 Å². The Kier molecular flexibility index (Phi) is 3.06. The molecule has 0 bridgehead atoms. The maximum Gasteiger partial charge on any atom is 0.150 e. The van der Waals surface area contributed by atoms with Crippen LogP contribution in [0.3, 0.4) is 0 Å². The molecule has 0 radical (unpaired) electrons. The van der Waals surface area contributed by atoms with Gasteiger partial charge < -0.3 is 0 Å². The number of rotatable bonds is 2. The lowest BCUT2D eigenvalue weighted by atomic mass is 10.0. The van der Waals surface area contributed by atoms with E-state index in [1.807, 2.05) is 18.0 Å². The molecule has 1 aliphatic rings. The van der Waals surface area contributed by atoms with E-state index < -0.39 is 0 Å². The molecule has 0 amide bonds. The molecule has 3 heteroatoms. The molecule has 66 valence electrons. The van der Waals surface area contributed by atoms with E-state index in [-0.39, 0.29) is 0 Å². The monoisotopic (exact) mass is 199 g/mol. The second-order valence-electron chi connectivity index (χ2n) is 3.18. The van der Waals surface area contributed by atoms with Crippen molar-refractivity contribution in [3.63, 3.8) is 0 Å². The van der Waals surface area contributed by atoms with E-state index in [9.17, 15) is 0 Å². The summed E-state index contributed by atoms with van der Waals surface area (Å²) in [5.41, 5.74) is 0. The topological polar surface area (TPSA) is 12.9 Å². The first-order chi connectivity index (χ1) is 5.95. The molecule has 1 heterocycles. The molecule has 0 saturated heterocycles. The number of thiazole rings is 1. The van der Waals surface area contributed by atoms with Crippen LogP contribution in [0, 0.1) is 0 Å². The summed E-state index contributed by atoms with van der Waals surface area (Å²) in [6, 6.07) is 0. The third-order valence-electron chi connectivity index (χ3n) is 2.23. The predicted octanol–water partition coefficient (Wildman–Crippen LogP) is 3.57. The van der Waals surface area contributed by atoms with Gasteiger partial charge in [0.1, 0.15) is 4.34 Å². The summed E-state index contributed by atoms with van der Waals surface area (Å²) in [7, 11) is 0. The van der Waals surface area contributed by atoms with Crippen LogP contribution in [-0.2, 0) is 0 Å². The van der Waals surface area contributed by atoms with Gasteiger partial charge in [0, 0.05) is 16.8 Å². The fourth-order valence-corrected chi connectivity index (χ4v) is 3.73. The fraction of sp³-hybridized carbons (Fsp3) is 0.667. The van der Waals surface area contributed by atoms with Gasteiger partial charge in [0.15, 0.2) is 0 Å². The van der Waals surface area contributed by atoms with Crippen molar-refractivity contribution in [3.05, 3.63) is 11.6 Å². The molecule has 2 rings (SSSR count). The normalized spacial score (nSPS) is 19.7. The van der Waals surface area contributed by atoms with Crippen molar-refractivity contribution in [1.82, 2.24) is 4.98 Å². The first-order valence-electron chi connectivity index (χ1n) is 4.51. The highest BCUT2D eigenvalue weighted by Crippen LogP contribution is 2.34. The van der Waals surface area contributed by atoms with Crippen LogP contribution in [0.5, 0.6) is 0 Å². The zero-order valence-electron chi connectivity index (χ0n) is 7.03. The van der Waals surface area contributed by atoms with Crippen LogP contribution < -0.4 is 0 Å². The Hall–Kier alpha value is -0.0200. The van der Waals surface area contributed by atoms with Crippen molar-refractivity contribution in [3.8, 4) is 0 Å². The smallest absolute Gasteiger partial charge is 0.150 e. The maximum absolute atomic E-state index is 4.29. The fourth-order valence-electron chi connectivity index (χ4n) is 1.59. The second kappa shape index (κ2) is 4.28. The van der Waals surface area contributed by atoms with Crippen molar-refractivity contribution in [2.45, 2.75) is 41.7 Å². The molecule has 1 saturated carbocycles. The van der Waals surface area contributed by atoms with Crippen LogP contribution in [0.4, 0.5) is 0 Å². The highest BCUT2D eigenvalue weighted by atomic mass is 32.2. The zero-order valence-corrected chi connectivity index (χ0v) is 8.66. The molecule has 1 aromatic heterocycles. The third-order valence-corrected chi connectivity index (χ3v) is 4.48. The minimum absolute atomic E-state index is 0.852. The average molecular weight is 199 g/mol. The molecular weight excluding hydrogens is 186 g/mol. The first-order valence-corrected chi connectivity index (χ1v) is 6.27. The average Bonchev–Trinajstić information content (AvgIpc) is 2.59. The SMILES string of the molecule is c1csc(SC2CCCCC2)n1. The van der Waals surface area contributed by atoms with Gasteiger partial charge >= 0.3 is 0 Å². The van der Waals surface area contributed by atoms with Crippen molar-refractivity contribution in [1.29, 1.82) is 0 Å². The van der Waals surface area contributed by atoms with Crippen molar-refractivity contribution < 1.29 is 0 Å². The molecule has 1 nitrogen and oxygen atoms in total. The van der Waals surface area contributed by atoms with Gasteiger partial charge in [0.2, 0.25) is 0 Å². The molecule has 0 unspecified atom stereocenters. The number of nitrogens with zero attached hydrogens (tertiary/aromatic N) is 1. The molecule has 0 aliphatic heterocycles. The van der Waals surface area contributed by atoms with E-state index >= 15 is 0 Å². The maximum atomic E-state index is 4.29. The highest BCUT2D eigenvalue weighted by molar-refractivity contribution is 8.01. The van der Waals surface area contributed by atoms with E-state index in [2.05, 4.69) is 10.4 Å². The summed E-state index contributed by atoms with van der Waals surface area (Å²) < 4.78 is 1.25. The van der Waals surface area contributed by atoms with E-state index in [1.54, 1.807) is 11.3 Å². The second-order valence-corrected chi connectivity index (χ2v) is 5.62. The van der Waals surface area contributed by atoms with Gasteiger partial charge in [-0.2, -0.15) is 0 Å². The van der Waals surface area contributed by atoms with Crippen molar-refractivity contribution in [2.24, 2.45) is 0 Å². The summed E-state index contributed by atoms with van der Waals surface area (Å²) >= 11 is 3.75. The molecule has 1 aliphatic carbocycles. The van der Waals surface area contributed by atoms with Crippen molar-refractivity contribution >= 4 is 23.1 Å². The standard InChI is InChI=1S/C9H13NS2/c1-2-4-8(5-3-1)12-9-10-6-7-11-9/h6-8H,1-5H2. The van der Waals surface area contributed by atoms with E-state index in [1.165, 1.54) is 36.4 Å². The molecule has 0 atom stereocenters. The lowest BCUT2D eigenvalue weighted by Crippen LogP contribution is -2.07. The predicted molar refractivity (Wildman–Crippen MR) is 54.8 cm³/mol. The molecule has 0 N–H and O–H groups in total. The molecular formula is C9H13NS2. The third kappa shape index (κ3) is 2.23. The van der Waals surface area contributed by atoms with E-state index in [0.29, 0.717) is 0 Å². The molecule has 0 spiro atoms. The summed E-state index contributed by atoms with van der Waals surface area (Å²) in [6.45, 7) is 0. The van der Waals surface area contributed by atoms with Crippen LogP contribution in [0.15, 0.2) is 15.9 Å². The minimum Gasteiger partial charge on any atom is -0.238 e. The summed E-state index contributed by atoms with van der Waals surface area (Å²) in [4.78, 5) is 4.29. The Morgan fingerprint density at radius 1 is 1.33 bits per heavy atom. The Labute approximate surface area is 81.6 Å². The Bertz CT molecular complexity index is 214. The van der Waals surface area contributed by atoms with Gasteiger partial charge in [-0.05, 0) is 12.8 Å². The summed E-state index contributed by atoms with van der Waals surface area (Å²) in [5, 5.41) is 2.91. The van der Waals surface area contributed by atoms with Gasteiger partial charge in [-0.15, -0.1) is 11.3 Å². The van der Waals surface area contributed by atoms with Gasteiger partial charge in [-0.25, -0.2) is 4.98 Å². The number of aromatic nitrogens is 1. The molecule has 12 heavy (non-hydrogen) atoms. The van der Waals surface area contributed by atoms with Gasteiger partial charge in [-0.3, -0.25) is 0 Å². The van der Waals surface area contributed by atoms with Gasteiger partial charge in [-0.1, -0.05) is 31.0 Å². The Morgan fingerprint density at radius 3 is 2.83 bits per heavy atom. The van der Waals surface area contributed by atoms with Crippen LogP contribution in [0.1, 0.15) is 32.1 Å². The van der Waals surface area contributed by atoms with Crippen LogP contribution in [0.2, 0.25) is 0 Å². The number of thioether (sulfide) groups is 1. The van der Waals surface area contributed by atoms with Crippen LogP contribution >= 0.6 is 23.1 Å². The van der Waals surface area contributed by atoms with E-state index in [4.69, 9.17) is 0 Å². The largest absolute Gasteiger partial charge is 0.238 e. The first kappa shape index (κ1) is 8.57. The zero-order chi connectivity index (χ0) is 8.23. The lowest BCUT2D eigenvalue weighted by Gasteiger charge is -2.19. The van der Waals surface area contributed by atoms with Gasteiger partial charge in [0.25, 0.3) is 0 Å². The Morgan fingerprint density at radius 2 is 2.17 bits per heavy atom. The molecule has 1 fully saturated rings. The number of hydrogen-bond donors (Lipinski definition) is 0. The van der Waals surface area contributed by atoms with Crippen LogP contribution in [-0.4, -0.2) is 10.2 Å². The lowest BCUT2D eigenvalue weighted by molar-refractivity contribution is 0.516. The Balaban J connectivity index is 1.86. The summed E-state index contributed by atoms with van der Waals surface area (Å²) in [5.74, 6) is 0. The quantitative estimate of drug-likeness (QED) is 0.722. The molecule has 0 aromatic carbocycles. The van der Waals surface area contributed by atoms with Crippen molar-refractivity contribution in [2.75, 3.05) is 0 Å². The van der Waals surface area contributed by atoms with Crippen LogP contribution in [0.25, 0.3) is 0 Å². The highest BCUT2D eigenvalue weighted by Gasteiger charge is 2.15.